The molecule has 6 heteroatoms. The van der Waals surface area contributed by atoms with Crippen LogP contribution in [-0.4, -0.2) is 42.3 Å². The number of amides is 1. The molecule has 1 aliphatic rings. The molecule has 1 aliphatic heterocycles. The van der Waals surface area contributed by atoms with Crippen LogP contribution < -0.4 is 5.32 Å². The van der Waals surface area contributed by atoms with Crippen molar-refractivity contribution in [2.45, 2.75) is 31.8 Å². The first-order chi connectivity index (χ1) is 9.95. The molecule has 0 aromatic heterocycles. The van der Waals surface area contributed by atoms with Crippen LogP contribution in [0.1, 0.15) is 30.1 Å². The molecule has 2 atom stereocenters. The van der Waals surface area contributed by atoms with Gasteiger partial charge < -0.3 is 5.32 Å². The van der Waals surface area contributed by atoms with Crippen molar-refractivity contribution in [3.8, 4) is 0 Å². The van der Waals surface area contributed by atoms with Crippen molar-refractivity contribution in [3.05, 3.63) is 35.4 Å². The number of hydrogen-bond donors (Lipinski definition) is 1. The number of benzene rings is 1. The lowest BCUT2D eigenvalue weighted by Crippen LogP contribution is -2.48. The van der Waals surface area contributed by atoms with E-state index in [1.807, 2.05) is 4.90 Å². The van der Waals surface area contributed by atoms with Gasteiger partial charge in [-0.1, -0.05) is 0 Å². The second-order valence-electron chi connectivity index (χ2n) is 5.18. The molecule has 2 rings (SSSR count). The summed E-state index contributed by atoms with van der Waals surface area (Å²) in [5, 5.41) is 2.59. The minimum absolute atomic E-state index is 0.115. The quantitative estimate of drug-likeness (QED) is 0.861. The minimum Gasteiger partial charge on any atom is -0.358 e. The van der Waals surface area contributed by atoms with Crippen LogP contribution >= 0.6 is 0 Å². The van der Waals surface area contributed by atoms with Gasteiger partial charge in [0.2, 0.25) is 5.91 Å². The van der Waals surface area contributed by atoms with Crippen molar-refractivity contribution in [3.63, 3.8) is 0 Å². The van der Waals surface area contributed by atoms with Crippen LogP contribution in [0.25, 0.3) is 0 Å². The number of carbonyl (C=O) groups is 2. The van der Waals surface area contributed by atoms with Gasteiger partial charge in [0.25, 0.3) is 0 Å². The van der Waals surface area contributed by atoms with Crippen molar-refractivity contribution < 1.29 is 18.4 Å². The Bertz CT molecular complexity index is 563. The first kappa shape index (κ1) is 15.6. The number of ketones is 1. The second-order valence-corrected chi connectivity index (χ2v) is 5.18. The molecule has 4 nitrogen and oxygen atoms in total. The highest BCUT2D eigenvalue weighted by Crippen LogP contribution is 2.22. The maximum Gasteiger partial charge on any atom is 0.237 e. The maximum absolute atomic E-state index is 13.2. The molecule has 1 amide bonds. The third kappa shape index (κ3) is 3.10. The van der Waals surface area contributed by atoms with E-state index in [0.29, 0.717) is 13.0 Å². The summed E-state index contributed by atoms with van der Waals surface area (Å²) in [6, 6.07) is 2.20. The Morgan fingerprint density at radius 3 is 2.67 bits per heavy atom. The molecule has 0 saturated carbocycles. The Kier molecular flexibility index (Phi) is 4.67. The zero-order valence-corrected chi connectivity index (χ0v) is 12.0. The number of nitrogens with zero attached hydrogens (tertiary/aromatic N) is 1. The molecular weight excluding hydrogens is 278 g/mol. The number of hydrogen-bond acceptors (Lipinski definition) is 3. The zero-order valence-electron chi connectivity index (χ0n) is 12.0. The molecule has 114 valence electrons. The van der Waals surface area contributed by atoms with Gasteiger partial charge in [-0.05, 0) is 44.5 Å². The summed E-state index contributed by atoms with van der Waals surface area (Å²) in [4.78, 5) is 26.0. The molecule has 0 radical (unpaired) electrons. The molecule has 1 heterocycles. The number of rotatable bonds is 4. The third-order valence-electron chi connectivity index (χ3n) is 3.92. The van der Waals surface area contributed by atoms with E-state index in [9.17, 15) is 18.4 Å². The van der Waals surface area contributed by atoms with Gasteiger partial charge in [-0.15, -0.1) is 0 Å². The Balaban J connectivity index is 2.18. The molecule has 1 aromatic carbocycles. The molecule has 1 fully saturated rings. The Labute approximate surface area is 122 Å². The Morgan fingerprint density at radius 1 is 1.33 bits per heavy atom. The van der Waals surface area contributed by atoms with E-state index in [1.54, 1.807) is 14.0 Å². The monoisotopic (exact) mass is 296 g/mol. The van der Waals surface area contributed by atoms with Crippen LogP contribution in [-0.2, 0) is 4.79 Å². The van der Waals surface area contributed by atoms with Gasteiger partial charge in [-0.25, -0.2) is 8.78 Å². The molecule has 2 unspecified atom stereocenters. The standard InChI is InChI=1S/C15H18F2N2O2/c1-9(19-7-3-4-13(19)15(21)18-2)14(20)10-5-6-11(16)12(17)8-10/h5-6,8-9,13H,3-4,7H2,1-2H3,(H,18,21). The first-order valence-electron chi connectivity index (χ1n) is 6.92. The van der Waals surface area contributed by atoms with Crippen molar-refractivity contribution in [1.29, 1.82) is 0 Å². The molecule has 1 saturated heterocycles. The van der Waals surface area contributed by atoms with Gasteiger partial charge in [0.15, 0.2) is 17.4 Å². The summed E-state index contributed by atoms with van der Waals surface area (Å²) in [7, 11) is 1.56. The van der Waals surface area contributed by atoms with E-state index in [2.05, 4.69) is 5.32 Å². The second kappa shape index (κ2) is 6.30. The fourth-order valence-corrected chi connectivity index (χ4v) is 2.74. The van der Waals surface area contributed by atoms with Crippen LogP contribution in [0.4, 0.5) is 8.78 Å². The Morgan fingerprint density at radius 2 is 2.05 bits per heavy atom. The maximum atomic E-state index is 13.2. The lowest BCUT2D eigenvalue weighted by atomic mass is 10.0. The minimum atomic E-state index is -1.04. The Hall–Kier alpha value is -1.82. The summed E-state index contributed by atoms with van der Waals surface area (Å²) in [6.07, 6.45) is 1.52. The molecule has 0 spiro atoms. The lowest BCUT2D eigenvalue weighted by molar-refractivity contribution is -0.125. The number of Topliss-reactive ketones (excluding diaryl/α,β-unsaturated/α-hetero) is 1. The predicted molar refractivity (Wildman–Crippen MR) is 73.9 cm³/mol. The molecule has 0 aliphatic carbocycles. The summed E-state index contributed by atoms with van der Waals surface area (Å²) in [5.74, 6) is -2.47. The average molecular weight is 296 g/mol. The molecule has 1 N–H and O–H groups in total. The molecule has 21 heavy (non-hydrogen) atoms. The van der Waals surface area contributed by atoms with Crippen molar-refractivity contribution >= 4 is 11.7 Å². The van der Waals surface area contributed by atoms with Gasteiger partial charge in [-0.3, -0.25) is 14.5 Å². The fraction of sp³-hybridized carbons (Fsp3) is 0.467. The van der Waals surface area contributed by atoms with E-state index >= 15 is 0 Å². The van der Waals surface area contributed by atoms with E-state index in [4.69, 9.17) is 0 Å². The highest BCUT2D eigenvalue weighted by Gasteiger charge is 2.36. The SMILES string of the molecule is CNC(=O)C1CCCN1C(C)C(=O)c1ccc(F)c(F)c1. The number of halogens is 2. The lowest BCUT2D eigenvalue weighted by Gasteiger charge is -2.28. The number of likely N-dealkylation sites (tertiary alicyclic amines) is 1. The smallest absolute Gasteiger partial charge is 0.237 e. The van der Waals surface area contributed by atoms with Crippen LogP contribution in [0.15, 0.2) is 18.2 Å². The van der Waals surface area contributed by atoms with Crippen LogP contribution in [0, 0.1) is 11.6 Å². The van der Waals surface area contributed by atoms with E-state index < -0.39 is 17.7 Å². The largest absolute Gasteiger partial charge is 0.358 e. The van der Waals surface area contributed by atoms with Crippen molar-refractivity contribution in [2.75, 3.05) is 13.6 Å². The van der Waals surface area contributed by atoms with E-state index in [-0.39, 0.29) is 23.3 Å². The zero-order chi connectivity index (χ0) is 15.6. The number of carbonyl (C=O) groups excluding carboxylic acids is 2. The van der Waals surface area contributed by atoms with Gasteiger partial charge in [0.05, 0.1) is 12.1 Å². The van der Waals surface area contributed by atoms with Gasteiger partial charge in [-0.2, -0.15) is 0 Å². The highest BCUT2D eigenvalue weighted by molar-refractivity contribution is 6.00. The van der Waals surface area contributed by atoms with Crippen LogP contribution in [0.3, 0.4) is 0 Å². The van der Waals surface area contributed by atoms with Crippen LogP contribution in [0.2, 0.25) is 0 Å². The van der Waals surface area contributed by atoms with E-state index in [0.717, 1.165) is 18.6 Å². The average Bonchev–Trinajstić information content (AvgIpc) is 2.97. The third-order valence-corrected chi connectivity index (χ3v) is 3.92. The summed E-state index contributed by atoms with van der Waals surface area (Å²) < 4.78 is 26.2. The summed E-state index contributed by atoms with van der Waals surface area (Å²) in [6.45, 7) is 2.32. The van der Waals surface area contributed by atoms with Crippen molar-refractivity contribution in [2.24, 2.45) is 0 Å². The predicted octanol–water partition coefficient (Wildman–Crippen LogP) is 1.75. The summed E-state index contributed by atoms with van der Waals surface area (Å²) in [5.41, 5.74) is 0.115. The van der Waals surface area contributed by atoms with Gasteiger partial charge >= 0.3 is 0 Å². The molecular formula is C15H18F2N2O2. The van der Waals surface area contributed by atoms with Gasteiger partial charge in [0.1, 0.15) is 0 Å². The van der Waals surface area contributed by atoms with Crippen molar-refractivity contribution in [1.82, 2.24) is 10.2 Å². The molecule has 1 aromatic rings. The topological polar surface area (TPSA) is 49.4 Å². The normalized spacial score (nSPS) is 20.3. The fourth-order valence-electron chi connectivity index (χ4n) is 2.74. The summed E-state index contributed by atoms with van der Waals surface area (Å²) >= 11 is 0. The number of likely N-dealkylation sites (N-methyl/N-ethyl adjacent to an activating group) is 1. The number of nitrogens with one attached hydrogen (secondary N) is 1. The van der Waals surface area contributed by atoms with Crippen LogP contribution in [0.5, 0.6) is 0 Å². The van der Waals surface area contributed by atoms with E-state index in [1.165, 1.54) is 6.07 Å². The van der Waals surface area contributed by atoms with Gasteiger partial charge in [0, 0.05) is 12.6 Å². The molecule has 0 bridgehead atoms. The highest BCUT2D eigenvalue weighted by atomic mass is 19.2. The first-order valence-corrected chi connectivity index (χ1v) is 6.92.